The van der Waals surface area contributed by atoms with E-state index in [0.29, 0.717) is 37.7 Å². The van der Waals surface area contributed by atoms with E-state index in [2.05, 4.69) is 8.75 Å². The molecule has 9 heteroatoms. The molecule has 1 aromatic rings. The molecule has 8 nitrogen and oxygen atoms in total. The number of carbonyl (C=O) groups is 2. The average Bonchev–Trinajstić information content (AvgIpc) is 2.86. The molecule has 1 aliphatic heterocycles. The SMILES string of the molecule is CN(C)C(=O)c1nsnc1N1CCN(C(=O)O)CC1. The third kappa shape index (κ3) is 2.75. The quantitative estimate of drug-likeness (QED) is 0.825. The van der Waals surface area contributed by atoms with Gasteiger partial charge in [0.25, 0.3) is 5.91 Å². The number of carboxylic acid groups (broad SMARTS) is 1. The first-order chi connectivity index (χ1) is 9.00. The molecule has 0 saturated carbocycles. The fraction of sp³-hybridized carbons (Fsp3) is 0.600. The van der Waals surface area contributed by atoms with Gasteiger partial charge in [-0.3, -0.25) is 4.79 Å². The molecule has 1 N–H and O–H groups in total. The van der Waals surface area contributed by atoms with Gasteiger partial charge in [-0.15, -0.1) is 0 Å². The standard InChI is InChI=1S/C10H15N5O3S/c1-13(2)9(16)7-8(12-19-11-7)14-3-5-15(6-4-14)10(17)18/h3-6H2,1-2H3,(H,17,18). The van der Waals surface area contributed by atoms with Crippen LogP contribution in [0.4, 0.5) is 10.6 Å². The average molecular weight is 285 g/mol. The summed E-state index contributed by atoms with van der Waals surface area (Å²) in [7, 11) is 3.32. The lowest BCUT2D eigenvalue weighted by atomic mass is 10.3. The van der Waals surface area contributed by atoms with E-state index in [-0.39, 0.29) is 5.91 Å². The van der Waals surface area contributed by atoms with E-state index in [1.54, 1.807) is 14.1 Å². The van der Waals surface area contributed by atoms with Gasteiger partial charge >= 0.3 is 6.09 Å². The van der Waals surface area contributed by atoms with Crippen molar-refractivity contribution < 1.29 is 14.7 Å². The summed E-state index contributed by atoms with van der Waals surface area (Å²) in [6.45, 7) is 1.85. The molecule has 0 aromatic carbocycles. The molecule has 0 radical (unpaired) electrons. The number of piperazine rings is 1. The highest BCUT2D eigenvalue weighted by atomic mass is 32.1. The molecule has 0 bridgehead atoms. The number of nitrogens with zero attached hydrogens (tertiary/aromatic N) is 5. The van der Waals surface area contributed by atoms with Gasteiger partial charge in [0.1, 0.15) is 0 Å². The van der Waals surface area contributed by atoms with Crippen molar-refractivity contribution in [2.24, 2.45) is 0 Å². The minimum absolute atomic E-state index is 0.190. The van der Waals surface area contributed by atoms with Crippen LogP contribution in [0, 0.1) is 0 Å². The first-order valence-corrected chi connectivity index (χ1v) is 6.50. The Morgan fingerprint density at radius 2 is 1.84 bits per heavy atom. The molecule has 0 unspecified atom stereocenters. The molecule has 0 spiro atoms. The molecule has 0 atom stereocenters. The summed E-state index contributed by atoms with van der Waals surface area (Å²) >= 11 is 0.994. The largest absolute Gasteiger partial charge is 0.465 e. The third-order valence-corrected chi connectivity index (χ3v) is 3.45. The predicted molar refractivity (Wildman–Crippen MR) is 69.7 cm³/mol. The van der Waals surface area contributed by atoms with Gasteiger partial charge in [-0.2, -0.15) is 8.75 Å². The van der Waals surface area contributed by atoms with Crippen LogP contribution >= 0.6 is 11.7 Å². The van der Waals surface area contributed by atoms with E-state index < -0.39 is 6.09 Å². The van der Waals surface area contributed by atoms with E-state index in [1.165, 1.54) is 9.80 Å². The fourth-order valence-corrected chi connectivity index (χ4v) is 2.41. The van der Waals surface area contributed by atoms with E-state index in [4.69, 9.17) is 5.11 Å². The summed E-state index contributed by atoms with van der Waals surface area (Å²) in [5.74, 6) is 0.359. The summed E-state index contributed by atoms with van der Waals surface area (Å²) in [6, 6.07) is 0. The molecule has 2 heterocycles. The van der Waals surface area contributed by atoms with E-state index in [1.807, 2.05) is 4.90 Å². The number of aromatic nitrogens is 2. The van der Waals surface area contributed by atoms with Crippen molar-refractivity contribution in [3.05, 3.63) is 5.69 Å². The fourth-order valence-electron chi connectivity index (χ4n) is 1.85. The minimum atomic E-state index is -0.916. The summed E-state index contributed by atoms with van der Waals surface area (Å²) in [5.41, 5.74) is 0.332. The van der Waals surface area contributed by atoms with Gasteiger partial charge in [-0.1, -0.05) is 0 Å². The zero-order valence-electron chi connectivity index (χ0n) is 10.7. The van der Waals surface area contributed by atoms with E-state index in [0.717, 1.165) is 11.7 Å². The maximum absolute atomic E-state index is 11.9. The Hall–Kier alpha value is -1.90. The van der Waals surface area contributed by atoms with Crippen LogP contribution in [0.2, 0.25) is 0 Å². The number of carbonyl (C=O) groups excluding carboxylic acids is 1. The molecule has 104 valence electrons. The van der Waals surface area contributed by atoms with Crippen LogP contribution in [0.5, 0.6) is 0 Å². The van der Waals surface area contributed by atoms with Gasteiger partial charge in [-0.05, 0) is 0 Å². The predicted octanol–water partition coefficient (Wildman–Crippen LogP) is 0.0399. The lowest BCUT2D eigenvalue weighted by Gasteiger charge is -2.33. The van der Waals surface area contributed by atoms with Crippen LogP contribution in [0.25, 0.3) is 0 Å². The van der Waals surface area contributed by atoms with Crippen molar-refractivity contribution in [1.29, 1.82) is 0 Å². The van der Waals surface area contributed by atoms with E-state index >= 15 is 0 Å². The lowest BCUT2D eigenvalue weighted by molar-refractivity contribution is 0.0823. The number of anilines is 1. The summed E-state index contributed by atoms with van der Waals surface area (Å²) in [5, 5.41) is 8.89. The molecule has 0 aliphatic carbocycles. The molecule has 1 fully saturated rings. The second-order valence-corrected chi connectivity index (χ2v) is 4.92. The van der Waals surface area contributed by atoms with Crippen molar-refractivity contribution in [1.82, 2.24) is 18.5 Å². The molecule has 2 rings (SSSR count). The molecular formula is C10H15N5O3S. The van der Waals surface area contributed by atoms with Gasteiger partial charge < -0.3 is 19.8 Å². The second-order valence-electron chi connectivity index (χ2n) is 4.39. The summed E-state index contributed by atoms with van der Waals surface area (Å²) < 4.78 is 8.19. The van der Waals surface area contributed by atoms with Crippen molar-refractivity contribution >= 4 is 29.5 Å². The summed E-state index contributed by atoms with van der Waals surface area (Å²) in [6.07, 6.45) is -0.916. The summed E-state index contributed by atoms with van der Waals surface area (Å²) in [4.78, 5) is 27.5. The molecular weight excluding hydrogens is 270 g/mol. The second kappa shape index (κ2) is 5.39. The van der Waals surface area contributed by atoms with E-state index in [9.17, 15) is 9.59 Å². The highest BCUT2D eigenvalue weighted by molar-refractivity contribution is 6.99. The zero-order valence-corrected chi connectivity index (χ0v) is 11.6. The molecule has 1 saturated heterocycles. The van der Waals surface area contributed by atoms with Crippen LogP contribution < -0.4 is 4.90 Å². The molecule has 1 aliphatic rings. The van der Waals surface area contributed by atoms with Crippen LogP contribution in [0.3, 0.4) is 0 Å². The van der Waals surface area contributed by atoms with Gasteiger partial charge in [0.15, 0.2) is 11.5 Å². The van der Waals surface area contributed by atoms with Gasteiger partial charge in [-0.25, -0.2) is 4.79 Å². The maximum atomic E-state index is 11.9. The Labute approximate surface area is 114 Å². The normalized spacial score (nSPS) is 15.5. The van der Waals surface area contributed by atoms with Gasteiger partial charge in [0.2, 0.25) is 0 Å². The Morgan fingerprint density at radius 1 is 1.21 bits per heavy atom. The Kier molecular flexibility index (Phi) is 3.84. The number of amides is 2. The molecule has 19 heavy (non-hydrogen) atoms. The first-order valence-electron chi connectivity index (χ1n) is 5.77. The maximum Gasteiger partial charge on any atom is 0.407 e. The number of hydrogen-bond donors (Lipinski definition) is 1. The third-order valence-electron chi connectivity index (χ3n) is 2.93. The van der Waals surface area contributed by atoms with Crippen LogP contribution in [0.1, 0.15) is 10.5 Å². The topological polar surface area (TPSA) is 89.9 Å². The van der Waals surface area contributed by atoms with Crippen molar-refractivity contribution in [3.63, 3.8) is 0 Å². The van der Waals surface area contributed by atoms with Crippen molar-refractivity contribution in [3.8, 4) is 0 Å². The highest BCUT2D eigenvalue weighted by Crippen LogP contribution is 2.20. The van der Waals surface area contributed by atoms with Crippen LogP contribution in [0.15, 0.2) is 0 Å². The highest BCUT2D eigenvalue weighted by Gasteiger charge is 2.27. The zero-order chi connectivity index (χ0) is 14.0. The van der Waals surface area contributed by atoms with Crippen LogP contribution in [-0.4, -0.2) is 75.9 Å². The smallest absolute Gasteiger partial charge is 0.407 e. The van der Waals surface area contributed by atoms with Gasteiger partial charge in [0.05, 0.1) is 11.7 Å². The number of hydrogen-bond acceptors (Lipinski definition) is 6. The molecule has 1 aromatic heterocycles. The monoisotopic (exact) mass is 285 g/mol. The minimum Gasteiger partial charge on any atom is -0.465 e. The lowest BCUT2D eigenvalue weighted by Crippen LogP contribution is -2.48. The Bertz CT molecular complexity index is 481. The van der Waals surface area contributed by atoms with Gasteiger partial charge in [0, 0.05) is 40.3 Å². The Morgan fingerprint density at radius 3 is 2.37 bits per heavy atom. The van der Waals surface area contributed by atoms with Crippen molar-refractivity contribution in [2.45, 2.75) is 0 Å². The number of rotatable bonds is 2. The van der Waals surface area contributed by atoms with Crippen molar-refractivity contribution in [2.75, 3.05) is 45.2 Å². The first kappa shape index (κ1) is 13.5. The molecule has 2 amide bonds. The van der Waals surface area contributed by atoms with Crippen LogP contribution in [-0.2, 0) is 0 Å². The Balaban J connectivity index is 2.10.